The number of tetrazole rings is 1. The maximum atomic E-state index is 13.3. The lowest BCUT2D eigenvalue weighted by molar-refractivity contribution is -0.132. The average molecular weight is 357 g/mol. The molecule has 0 unspecified atom stereocenters. The Balaban J connectivity index is 1.70. The van der Waals surface area contributed by atoms with Gasteiger partial charge in [-0.05, 0) is 28.8 Å². The molecular weight excluding hydrogens is 341 g/mol. The molecule has 1 aromatic carbocycles. The van der Waals surface area contributed by atoms with E-state index >= 15 is 0 Å². The second-order valence-corrected chi connectivity index (χ2v) is 6.33. The van der Waals surface area contributed by atoms with Gasteiger partial charge >= 0.3 is 0 Å². The fraction of sp³-hybridized carbons (Fsp3) is 0.176. The van der Waals surface area contributed by atoms with Crippen LogP contribution >= 0.6 is 11.3 Å². The summed E-state index contributed by atoms with van der Waals surface area (Å²) in [6.07, 6.45) is 1.68. The Labute approximate surface area is 148 Å². The molecule has 0 radical (unpaired) electrons. The minimum Gasteiger partial charge on any atom is -0.332 e. The van der Waals surface area contributed by atoms with Crippen molar-refractivity contribution in [2.45, 2.75) is 13.1 Å². The molecule has 0 saturated heterocycles. The van der Waals surface area contributed by atoms with Crippen LogP contribution in [0.2, 0.25) is 0 Å². The van der Waals surface area contributed by atoms with Crippen molar-refractivity contribution in [1.82, 2.24) is 25.1 Å². The molecule has 0 aliphatic carbocycles. The molecule has 3 rings (SSSR count). The van der Waals surface area contributed by atoms with Crippen LogP contribution in [0, 0.1) is 5.82 Å². The van der Waals surface area contributed by atoms with Gasteiger partial charge in [-0.2, -0.15) is 4.80 Å². The Kier molecular flexibility index (Phi) is 5.30. The molecule has 25 heavy (non-hydrogen) atoms. The van der Waals surface area contributed by atoms with Gasteiger partial charge < -0.3 is 4.90 Å². The Morgan fingerprint density at radius 3 is 2.96 bits per heavy atom. The zero-order valence-corrected chi connectivity index (χ0v) is 14.2. The summed E-state index contributed by atoms with van der Waals surface area (Å²) in [6.45, 7) is 4.60. The van der Waals surface area contributed by atoms with E-state index in [1.807, 2.05) is 17.5 Å². The van der Waals surface area contributed by atoms with Gasteiger partial charge in [0.1, 0.15) is 12.4 Å². The molecule has 128 valence electrons. The SMILES string of the molecule is C=CCN(Cc1cccs1)C(=O)Cn1nnc(-c2cccc(F)c2)n1. The third kappa shape index (κ3) is 4.36. The summed E-state index contributed by atoms with van der Waals surface area (Å²) in [5.74, 6) is -0.240. The highest BCUT2D eigenvalue weighted by Crippen LogP contribution is 2.15. The molecule has 0 saturated carbocycles. The summed E-state index contributed by atoms with van der Waals surface area (Å²) in [6, 6.07) is 9.85. The van der Waals surface area contributed by atoms with Crippen LogP contribution in [0.3, 0.4) is 0 Å². The second kappa shape index (κ2) is 7.80. The summed E-state index contributed by atoms with van der Waals surface area (Å²) >= 11 is 1.59. The second-order valence-electron chi connectivity index (χ2n) is 5.30. The van der Waals surface area contributed by atoms with Gasteiger partial charge in [0.2, 0.25) is 11.7 Å². The largest absolute Gasteiger partial charge is 0.332 e. The van der Waals surface area contributed by atoms with Crippen LogP contribution < -0.4 is 0 Å². The lowest BCUT2D eigenvalue weighted by atomic mass is 10.2. The summed E-state index contributed by atoms with van der Waals surface area (Å²) in [5, 5.41) is 13.9. The molecule has 6 nitrogen and oxygen atoms in total. The molecule has 0 fully saturated rings. The molecule has 0 aliphatic heterocycles. The maximum Gasteiger partial charge on any atom is 0.246 e. The van der Waals surface area contributed by atoms with E-state index in [1.54, 1.807) is 34.4 Å². The summed E-state index contributed by atoms with van der Waals surface area (Å²) in [7, 11) is 0. The number of benzene rings is 1. The van der Waals surface area contributed by atoms with Crippen molar-refractivity contribution in [2.24, 2.45) is 0 Å². The quantitative estimate of drug-likeness (QED) is 0.610. The van der Waals surface area contributed by atoms with Gasteiger partial charge in [0.15, 0.2) is 0 Å². The lowest BCUT2D eigenvalue weighted by Gasteiger charge is -2.19. The maximum absolute atomic E-state index is 13.3. The number of nitrogens with zero attached hydrogens (tertiary/aromatic N) is 5. The number of hydrogen-bond donors (Lipinski definition) is 0. The Morgan fingerprint density at radius 2 is 2.24 bits per heavy atom. The Bertz CT molecular complexity index is 862. The molecule has 0 N–H and O–H groups in total. The summed E-state index contributed by atoms with van der Waals surface area (Å²) in [5.41, 5.74) is 0.514. The van der Waals surface area contributed by atoms with E-state index in [9.17, 15) is 9.18 Å². The van der Waals surface area contributed by atoms with Gasteiger partial charge in [0, 0.05) is 17.0 Å². The fourth-order valence-electron chi connectivity index (χ4n) is 2.28. The number of halogens is 1. The fourth-order valence-corrected chi connectivity index (χ4v) is 2.99. The van der Waals surface area contributed by atoms with Crippen LogP contribution in [0.1, 0.15) is 4.88 Å². The first kappa shape index (κ1) is 17.0. The van der Waals surface area contributed by atoms with Crippen LogP contribution in [0.25, 0.3) is 11.4 Å². The van der Waals surface area contributed by atoms with Crippen LogP contribution in [-0.4, -0.2) is 37.6 Å². The average Bonchev–Trinajstić information content (AvgIpc) is 3.26. The van der Waals surface area contributed by atoms with Gasteiger partial charge in [-0.25, -0.2) is 4.39 Å². The number of aromatic nitrogens is 4. The van der Waals surface area contributed by atoms with Crippen molar-refractivity contribution < 1.29 is 9.18 Å². The standard InChI is InChI=1S/C17H16FN5OS/c1-2-8-22(11-15-7-4-9-25-15)16(24)12-23-20-17(19-21-23)13-5-3-6-14(18)10-13/h2-7,9-10H,1,8,11-12H2. The summed E-state index contributed by atoms with van der Waals surface area (Å²) in [4.78, 5) is 16.5. The number of rotatable bonds is 7. The van der Waals surface area contributed by atoms with Crippen LogP contribution in [0.15, 0.2) is 54.4 Å². The van der Waals surface area contributed by atoms with E-state index in [0.717, 1.165) is 4.88 Å². The minimum absolute atomic E-state index is 0.0401. The van der Waals surface area contributed by atoms with Crippen molar-refractivity contribution in [3.05, 3.63) is 65.1 Å². The predicted octanol–water partition coefficient (Wildman–Crippen LogP) is 2.76. The third-order valence-corrected chi connectivity index (χ3v) is 4.30. The van der Waals surface area contributed by atoms with Gasteiger partial charge in [0.05, 0.1) is 6.54 Å². The number of carbonyl (C=O) groups excluding carboxylic acids is 1. The Hall–Kier alpha value is -2.87. The molecular formula is C17H16FN5OS. The van der Waals surface area contributed by atoms with Crippen LogP contribution in [0.4, 0.5) is 4.39 Å². The summed E-state index contributed by atoms with van der Waals surface area (Å²) < 4.78 is 13.3. The van der Waals surface area contributed by atoms with Crippen molar-refractivity contribution >= 4 is 17.2 Å². The van der Waals surface area contributed by atoms with E-state index in [4.69, 9.17) is 0 Å². The minimum atomic E-state index is -0.377. The lowest BCUT2D eigenvalue weighted by Crippen LogP contribution is -2.34. The van der Waals surface area contributed by atoms with Crippen LogP contribution in [-0.2, 0) is 17.9 Å². The first-order valence-electron chi connectivity index (χ1n) is 7.60. The smallest absolute Gasteiger partial charge is 0.246 e. The van der Waals surface area contributed by atoms with Gasteiger partial charge in [-0.15, -0.1) is 28.1 Å². The molecule has 0 bridgehead atoms. The zero-order chi connectivity index (χ0) is 17.6. The number of amides is 1. The van der Waals surface area contributed by atoms with E-state index in [1.165, 1.54) is 16.9 Å². The zero-order valence-electron chi connectivity index (χ0n) is 13.4. The molecule has 3 aromatic rings. The Morgan fingerprint density at radius 1 is 1.36 bits per heavy atom. The highest BCUT2D eigenvalue weighted by atomic mass is 32.1. The molecule has 0 atom stereocenters. The highest BCUT2D eigenvalue weighted by Gasteiger charge is 2.16. The highest BCUT2D eigenvalue weighted by molar-refractivity contribution is 7.09. The first-order valence-corrected chi connectivity index (χ1v) is 8.48. The van der Waals surface area contributed by atoms with Crippen molar-refractivity contribution in [3.8, 4) is 11.4 Å². The molecule has 1 amide bonds. The van der Waals surface area contributed by atoms with E-state index < -0.39 is 0 Å². The normalized spacial score (nSPS) is 10.6. The molecule has 2 aromatic heterocycles. The van der Waals surface area contributed by atoms with Crippen molar-refractivity contribution in [1.29, 1.82) is 0 Å². The van der Waals surface area contributed by atoms with Gasteiger partial charge in [-0.3, -0.25) is 4.79 Å². The van der Waals surface area contributed by atoms with Crippen molar-refractivity contribution in [2.75, 3.05) is 6.54 Å². The van der Waals surface area contributed by atoms with E-state index in [2.05, 4.69) is 22.0 Å². The van der Waals surface area contributed by atoms with E-state index in [0.29, 0.717) is 18.7 Å². The predicted molar refractivity (Wildman–Crippen MR) is 93.1 cm³/mol. The van der Waals surface area contributed by atoms with Gasteiger partial charge in [-0.1, -0.05) is 24.3 Å². The molecule has 0 spiro atoms. The molecule has 2 heterocycles. The molecule has 0 aliphatic rings. The molecule has 8 heteroatoms. The number of hydrogen-bond acceptors (Lipinski definition) is 5. The van der Waals surface area contributed by atoms with Crippen LogP contribution in [0.5, 0.6) is 0 Å². The number of carbonyl (C=O) groups is 1. The third-order valence-electron chi connectivity index (χ3n) is 3.44. The number of thiophene rings is 1. The van der Waals surface area contributed by atoms with Crippen molar-refractivity contribution in [3.63, 3.8) is 0 Å². The van der Waals surface area contributed by atoms with Gasteiger partial charge in [0.25, 0.3) is 0 Å². The first-order chi connectivity index (χ1) is 12.2. The monoisotopic (exact) mass is 357 g/mol. The topological polar surface area (TPSA) is 63.9 Å². The van der Waals surface area contributed by atoms with E-state index in [-0.39, 0.29) is 24.1 Å².